The molecule has 0 radical (unpaired) electrons. The summed E-state index contributed by atoms with van der Waals surface area (Å²) in [6, 6.07) is 11.2. The molecule has 0 aliphatic carbocycles. The minimum absolute atomic E-state index is 0.00863. The van der Waals surface area contributed by atoms with Gasteiger partial charge in [-0.2, -0.15) is 0 Å². The summed E-state index contributed by atoms with van der Waals surface area (Å²) in [5.74, 6) is -0.197. The number of rotatable bonds is 4. The van der Waals surface area contributed by atoms with Crippen molar-refractivity contribution < 1.29 is 4.39 Å². The van der Waals surface area contributed by atoms with Gasteiger partial charge < -0.3 is 5.32 Å². The summed E-state index contributed by atoms with van der Waals surface area (Å²) in [7, 11) is 0. The van der Waals surface area contributed by atoms with E-state index in [1.54, 1.807) is 6.07 Å². The van der Waals surface area contributed by atoms with Crippen LogP contribution in [0.3, 0.4) is 0 Å². The fourth-order valence-corrected chi connectivity index (χ4v) is 3.10. The van der Waals surface area contributed by atoms with Gasteiger partial charge in [0.05, 0.1) is 6.04 Å². The highest BCUT2D eigenvalue weighted by molar-refractivity contribution is 9.10. The van der Waals surface area contributed by atoms with Crippen molar-refractivity contribution in [2.45, 2.75) is 26.8 Å². The average molecular weight is 336 g/mol. The molecule has 0 amide bonds. The summed E-state index contributed by atoms with van der Waals surface area (Å²) in [6.07, 6.45) is 0. The van der Waals surface area contributed by atoms with Gasteiger partial charge in [-0.1, -0.05) is 41.1 Å². The zero-order valence-corrected chi connectivity index (χ0v) is 13.6. The number of halogens is 2. The first-order chi connectivity index (χ1) is 9.52. The van der Waals surface area contributed by atoms with E-state index in [0.717, 1.165) is 27.7 Å². The van der Waals surface area contributed by atoms with E-state index in [0.29, 0.717) is 0 Å². The molecule has 0 spiro atoms. The van der Waals surface area contributed by atoms with Crippen LogP contribution in [0, 0.1) is 19.7 Å². The zero-order chi connectivity index (χ0) is 14.7. The maximum Gasteiger partial charge on any atom is 0.123 e. The molecule has 3 heteroatoms. The van der Waals surface area contributed by atoms with E-state index in [2.05, 4.69) is 53.3 Å². The molecule has 0 fully saturated rings. The van der Waals surface area contributed by atoms with Crippen molar-refractivity contribution in [2.24, 2.45) is 0 Å². The summed E-state index contributed by atoms with van der Waals surface area (Å²) >= 11 is 3.62. The Kier molecular flexibility index (Phi) is 4.95. The summed E-state index contributed by atoms with van der Waals surface area (Å²) in [5.41, 5.74) is 4.40. The minimum Gasteiger partial charge on any atom is -0.306 e. The molecule has 1 atom stereocenters. The largest absolute Gasteiger partial charge is 0.306 e. The first kappa shape index (κ1) is 15.2. The third-order valence-corrected chi connectivity index (χ3v) is 4.11. The lowest BCUT2D eigenvalue weighted by molar-refractivity contribution is 0.599. The second-order valence-corrected chi connectivity index (χ2v) is 5.87. The van der Waals surface area contributed by atoms with Crippen molar-refractivity contribution in [1.29, 1.82) is 0 Å². The Bertz CT molecular complexity index is 610. The molecule has 106 valence electrons. The van der Waals surface area contributed by atoms with Crippen LogP contribution < -0.4 is 5.32 Å². The van der Waals surface area contributed by atoms with Crippen LogP contribution in [-0.2, 0) is 0 Å². The standard InChI is InChI=1S/C17H19BrFN/c1-4-20-17(14-8-5-11(2)9-16(14)18)15-10-13(19)7-6-12(15)3/h5-10,17,20H,4H2,1-3H3. The molecule has 2 rings (SSSR count). The average Bonchev–Trinajstić information content (AvgIpc) is 2.40. The van der Waals surface area contributed by atoms with Crippen LogP contribution >= 0.6 is 15.9 Å². The fourth-order valence-electron chi connectivity index (χ4n) is 2.38. The Labute approximate surface area is 128 Å². The normalized spacial score (nSPS) is 12.4. The number of hydrogen-bond acceptors (Lipinski definition) is 1. The third-order valence-electron chi connectivity index (χ3n) is 3.43. The Morgan fingerprint density at radius 2 is 1.85 bits per heavy atom. The van der Waals surface area contributed by atoms with Crippen molar-refractivity contribution in [1.82, 2.24) is 5.32 Å². The zero-order valence-electron chi connectivity index (χ0n) is 12.0. The lowest BCUT2D eigenvalue weighted by Crippen LogP contribution is -2.23. The molecular formula is C17H19BrFN. The van der Waals surface area contributed by atoms with Crippen LogP contribution in [-0.4, -0.2) is 6.54 Å². The van der Waals surface area contributed by atoms with E-state index in [9.17, 15) is 4.39 Å². The van der Waals surface area contributed by atoms with Gasteiger partial charge in [-0.25, -0.2) is 4.39 Å². The van der Waals surface area contributed by atoms with Crippen LogP contribution in [0.4, 0.5) is 4.39 Å². The predicted molar refractivity (Wildman–Crippen MR) is 85.5 cm³/mol. The Morgan fingerprint density at radius 1 is 1.10 bits per heavy atom. The summed E-state index contributed by atoms with van der Waals surface area (Å²) in [5, 5.41) is 3.45. The van der Waals surface area contributed by atoms with E-state index < -0.39 is 0 Å². The highest BCUT2D eigenvalue weighted by Crippen LogP contribution is 2.31. The van der Waals surface area contributed by atoms with Crippen LogP contribution in [0.25, 0.3) is 0 Å². The first-order valence-electron chi connectivity index (χ1n) is 6.78. The fraction of sp³-hybridized carbons (Fsp3) is 0.294. The minimum atomic E-state index is -0.197. The SMILES string of the molecule is CCNC(c1cc(F)ccc1C)c1ccc(C)cc1Br. The molecule has 0 bridgehead atoms. The Balaban J connectivity index is 2.53. The van der Waals surface area contributed by atoms with E-state index in [4.69, 9.17) is 0 Å². The Morgan fingerprint density at radius 3 is 2.50 bits per heavy atom. The van der Waals surface area contributed by atoms with E-state index in [1.807, 2.05) is 13.0 Å². The predicted octanol–water partition coefficient (Wildman–Crippen LogP) is 4.90. The molecule has 2 aromatic rings. The van der Waals surface area contributed by atoms with Crippen LogP contribution in [0.5, 0.6) is 0 Å². The number of hydrogen-bond donors (Lipinski definition) is 1. The Hall–Kier alpha value is -1.19. The molecule has 0 aliphatic heterocycles. The quantitative estimate of drug-likeness (QED) is 0.837. The first-order valence-corrected chi connectivity index (χ1v) is 7.57. The number of nitrogens with one attached hydrogen (secondary N) is 1. The van der Waals surface area contributed by atoms with Gasteiger partial charge in [0.2, 0.25) is 0 Å². The molecule has 2 aromatic carbocycles. The second-order valence-electron chi connectivity index (χ2n) is 5.02. The van der Waals surface area contributed by atoms with Crippen molar-refractivity contribution in [2.75, 3.05) is 6.54 Å². The molecule has 0 aliphatic rings. The van der Waals surface area contributed by atoms with Crippen molar-refractivity contribution in [3.8, 4) is 0 Å². The molecule has 1 N–H and O–H groups in total. The van der Waals surface area contributed by atoms with E-state index >= 15 is 0 Å². The van der Waals surface area contributed by atoms with Gasteiger partial charge in [-0.3, -0.25) is 0 Å². The van der Waals surface area contributed by atoms with Crippen LogP contribution in [0.2, 0.25) is 0 Å². The van der Waals surface area contributed by atoms with Crippen LogP contribution in [0.1, 0.15) is 35.2 Å². The van der Waals surface area contributed by atoms with Gasteiger partial charge in [-0.05, 0) is 60.8 Å². The highest BCUT2D eigenvalue weighted by atomic mass is 79.9. The van der Waals surface area contributed by atoms with Crippen molar-refractivity contribution in [3.63, 3.8) is 0 Å². The lowest BCUT2D eigenvalue weighted by atomic mass is 9.94. The summed E-state index contributed by atoms with van der Waals surface area (Å²) in [6.45, 7) is 6.95. The lowest BCUT2D eigenvalue weighted by Gasteiger charge is -2.22. The summed E-state index contributed by atoms with van der Waals surface area (Å²) in [4.78, 5) is 0. The summed E-state index contributed by atoms with van der Waals surface area (Å²) < 4.78 is 14.6. The van der Waals surface area contributed by atoms with Crippen molar-refractivity contribution >= 4 is 15.9 Å². The highest BCUT2D eigenvalue weighted by Gasteiger charge is 2.18. The van der Waals surface area contributed by atoms with Gasteiger partial charge >= 0.3 is 0 Å². The monoisotopic (exact) mass is 335 g/mol. The maximum absolute atomic E-state index is 13.6. The molecule has 20 heavy (non-hydrogen) atoms. The van der Waals surface area contributed by atoms with Gasteiger partial charge in [0.25, 0.3) is 0 Å². The third kappa shape index (κ3) is 3.28. The molecular weight excluding hydrogens is 317 g/mol. The topological polar surface area (TPSA) is 12.0 Å². The molecule has 1 unspecified atom stereocenters. The van der Waals surface area contributed by atoms with Crippen molar-refractivity contribution in [3.05, 3.63) is 68.9 Å². The smallest absolute Gasteiger partial charge is 0.123 e. The number of aryl methyl sites for hydroxylation is 2. The van der Waals surface area contributed by atoms with Crippen LogP contribution in [0.15, 0.2) is 40.9 Å². The number of benzene rings is 2. The molecule has 1 nitrogen and oxygen atoms in total. The van der Waals surface area contributed by atoms with Gasteiger partial charge in [0.15, 0.2) is 0 Å². The van der Waals surface area contributed by atoms with E-state index in [1.165, 1.54) is 11.6 Å². The molecule has 0 saturated carbocycles. The van der Waals surface area contributed by atoms with Gasteiger partial charge in [-0.15, -0.1) is 0 Å². The molecule has 0 aromatic heterocycles. The second kappa shape index (κ2) is 6.51. The molecule has 0 saturated heterocycles. The van der Waals surface area contributed by atoms with Gasteiger partial charge in [0.1, 0.15) is 5.82 Å². The molecule has 0 heterocycles. The maximum atomic E-state index is 13.6. The van der Waals surface area contributed by atoms with E-state index in [-0.39, 0.29) is 11.9 Å². The van der Waals surface area contributed by atoms with Gasteiger partial charge in [0, 0.05) is 4.47 Å².